The van der Waals surface area contributed by atoms with Crippen LogP contribution in [-0.2, 0) is 20.6 Å². The van der Waals surface area contributed by atoms with E-state index in [2.05, 4.69) is 35.2 Å². The Morgan fingerprint density at radius 3 is 2.08 bits per heavy atom. The second-order valence-electron chi connectivity index (χ2n) is 17.9. The van der Waals surface area contributed by atoms with Gasteiger partial charge in [-0.2, -0.15) is 13.2 Å². The molecule has 63 heavy (non-hydrogen) atoms. The summed E-state index contributed by atoms with van der Waals surface area (Å²) in [6, 6.07) is 11.5. The number of nitrogens with one attached hydrogen (secondary N) is 2. The summed E-state index contributed by atoms with van der Waals surface area (Å²) in [5, 5.41) is 16.1. The van der Waals surface area contributed by atoms with Crippen molar-refractivity contribution in [3.8, 4) is 0 Å². The van der Waals surface area contributed by atoms with E-state index >= 15 is 0 Å². The van der Waals surface area contributed by atoms with Gasteiger partial charge in [-0.05, 0) is 85.9 Å². The molecule has 6 aliphatic rings. The highest BCUT2D eigenvalue weighted by Crippen LogP contribution is 2.43. The third kappa shape index (κ3) is 8.19. The van der Waals surface area contributed by atoms with Crippen molar-refractivity contribution < 1.29 is 42.3 Å². The molecule has 1 unspecified atom stereocenters. The van der Waals surface area contributed by atoms with Crippen molar-refractivity contribution in [1.82, 2.24) is 20.1 Å². The number of nitrogens with zero attached hydrogens (tertiary/aromatic N) is 7. The third-order valence-corrected chi connectivity index (χ3v) is 14.0. The lowest BCUT2D eigenvalue weighted by Gasteiger charge is -2.55. The number of aliphatic hydroxyl groups is 1. The second-order valence-corrected chi connectivity index (χ2v) is 17.9. The highest BCUT2D eigenvalue weighted by Gasteiger charge is 2.47. The average molecular weight is 868 g/mol. The molecule has 0 saturated carbocycles. The number of anilines is 4. The average Bonchev–Trinajstić information content (AvgIpc) is 3.51. The summed E-state index contributed by atoms with van der Waals surface area (Å²) in [7, 11) is 0. The lowest BCUT2D eigenvalue weighted by molar-refractivity contribution is -0.137. The molecule has 2 aromatic carbocycles. The van der Waals surface area contributed by atoms with Gasteiger partial charge in [0.1, 0.15) is 17.5 Å². The number of amides is 5. The molecule has 15 nitrogen and oxygen atoms in total. The second kappa shape index (κ2) is 16.2. The Balaban J connectivity index is 0.699. The van der Waals surface area contributed by atoms with E-state index in [-0.39, 0.29) is 55.4 Å². The predicted octanol–water partition coefficient (Wildman–Crippen LogP) is 4.84. The molecular weight excluding hydrogens is 820 g/mol. The van der Waals surface area contributed by atoms with Crippen LogP contribution in [0.1, 0.15) is 77.6 Å². The zero-order chi connectivity index (χ0) is 44.3. The molecule has 1 spiro atoms. The molecule has 5 amide bonds. The van der Waals surface area contributed by atoms with E-state index in [0.717, 1.165) is 99.9 Å². The lowest BCUT2D eigenvalue weighted by atomic mass is 9.71. The molecule has 5 fully saturated rings. The Morgan fingerprint density at radius 1 is 0.825 bits per heavy atom. The van der Waals surface area contributed by atoms with Crippen LogP contribution in [0.4, 0.5) is 41.7 Å². The van der Waals surface area contributed by atoms with Crippen LogP contribution in [-0.4, -0.2) is 120 Å². The Hall–Kier alpha value is -6.06. The van der Waals surface area contributed by atoms with Gasteiger partial charge in [-0.25, -0.2) is 9.83 Å². The SMILES string of the molecule is [C-]#[N+]c1ccc(N2CCC(O)(C(=O)Nc3ccc(N4CCC(CN5CC6(CCN(c7ccc8c(c7)C(=O)N(C7CCC(=O)NC7=O)C8=O)CC6)C5)CC4)cn3)CC2)cc1C(F)(F)F. The summed E-state index contributed by atoms with van der Waals surface area (Å²) >= 11 is 0. The molecule has 18 heteroatoms. The minimum atomic E-state index is -4.67. The van der Waals surface area contributed by atoms with Gasteiger partial charge < -0.3 is 30.0 Å². The van der Waals surface area contributed by atoms with Crippen molar-refractivity contribution in [3.05, 3.63) is 82.8 Å². The fourth-order valence-corrected chi connectivity index (χ4v) is 10.3. The Bertz CT molecular complexity index is 2370. The fourth-order valence-electron chi connectivity index (χ4n) is 10.3. The van der Waals surface area contributed by atoms with Crippen LogP contribution in [0.25, 0.3) is 4.85 Å². The van der Waals surface area contributed by atoms with Crippen LogP contribution < -0.4 is 25.3 Å². The Morgan fingerprint density at radius 2 is 1.44 bits per heavy atom. The van der Waals surface area contributed by atoms with E-state index in [1.165, 1.54) is 6.07 Å². The van der Waals surface area contributed by atoms with Crippen LogP contribution in [0.2, 0.25) is 0 Å². The standard InChI is InChI=1S/C45H48F3N9O6/c1-49-35-6-3-30(23-34(35)45(46,47)48)56-20-14-44(63,15-21-56)42(62)51-37-8-4-31(24-50-37)54-16-10-28(11-17-54)25-53-26-43(27-53)12-18-55(19-13-43)29-2-5-32-33(22-29)41(61)57(40(32)60)36-7-9-38(58)52-39(36)59/h2-6,8,22-24,28,36,63H,7,9-21,25-27H2,(H,50,51,62)(H,52,58,59). The summed E-state index contributed by atoms with van der Waals surface area (Å²) < 4.78 is 40.5. The van der Waals surface area contributed by atoms with Gasteiger partial charge in [-0.3, -0.25) is 34.2 Å². The maximum Gasteiger partial charge on any atom is 0.407 e. The van der Waals surface area contributed by atoms with Gasteiger partial charge in [0.15, 0.2) is 5.69 Å². The maximum absolute atomic E-state index is 13.5. The first kappa shape index (κ1) is 42.3. The Labute approximate surface area is 362 Å². The third-order valence-electron chi connectivity index (χ3n) is 14.0. The number of pyridine rings is 1. The number of aromatic nitrogens is 1. The van der Waals surface area contributed by atoms with Gasteiger partial charge in [-0.1, -0.05) is 6.07 Å². The first-order chi connectivity index (χ1) is 30.1. The first-order valence-electron chi connectivity index (χ1n) is 21.5. The van der Waals surface area contributed by atoms with E-state index in [1.54, 1.807) is 29.3 Å². The van der Waals surface area contributed by atoms with Crippen LogP contribution in [0.15, 0.2) is 54.7 Å². The molecule has 0 radical (unpaired) electrons. The summed E-state index contributed by atoms with van der Waals surface area (Å²) in [5.74, 6) is -1.75. The normalized spacial score (nSPS) is 22.7. The van der Waals surface area contributed by atoms with Gasteiger partial charge in [-0.15, -0.1) is 0 Å². The highest BCUT2D eigenvalue weighted by molar-refractivity contribution is 6.23. The number of fused-ring (bicyclic) bond motifs is 1. The number of hydrogen-bond donors (Lipinski definition) is 3. The molecule has 6 aliphatic heterocycles. The number of benzene rings is 2. The molecule has 0 aliphatic carbocycles. The van der Waals surface area contributed by atoms with Crippen LogP contribution >= 0.6 is 0 Å². The van der Waals surface area contributed by atoms with Crippen molar-refractivity contribution in [2.45, 2.75) is 69.2 Å². The van der Waals surface area contributed by atoms with Gasteiger partial charge in [0.2, 0.25) is 11.8 Å². The molecule has 1 aromatic heterocycles. The van der Waals surface area contributed by atoms with Crippen LogP contribution in [0.3, 0.4) is 0 Å². The largest absolute Gasteiger partial charge is 0.407 e. The zero-order valence-corrected chi connectivity index (χ0v) is 34.6. The minimum absolute atomic E-state index is 0.0106. The molecule has 330 valence electrons. The van der Waals surface area contributed by atoms with Crippen molar-refractivity contribution >= 4 is 58.1 Å². The number of alkyl halides is 3. The number of carbonyl (C=O) groups excluding carboxylic acids is 5. The first-order valence-corrected chi connectivity index (χ1v) is 21.5. The summed E-state index contributed by atoms with van der Waals surface area (Å²) in [6.45, 7) is 14.0. The molecule has 0 bridgehead atoms. The van der Waals surface area contributed by atoms with E-state index in [4.69, 9.17) is 6.57 Å². The van der Waals surface area contributed by atoms with E-state index < -0.39 is 58.6 Å². The van der Waals surface area contributed by atoms with Crippen LogP contribution in [0.5, 0.6) is 0 Å². The van der Waals surface area contributed by atoms with Gasteiger partial charge in [0, 0.05) is 89.5 Å². The minimum Gasteiger partial charge on any atom is -0.380 e. The Kier molecular flexibility index (Phi) is 10.9. The van der Waals surface area contributed by atoms with Gasteiger partial charge in [0.05, 0.1) is 35.1 Å². The quantitative estimate of drug-likeness (QED) is 0.210. The summed E-state index contributed by atoms with van der Waals surface area (Å²) in [4.78, 5) is 81.0. The van der Waals surface area contributed by atoms with Gasteiger partial charge in [0.25, 0.3) is 17.7 Å². The van der Waals surface area contributed by atoms with Gasteiger partial charge >= 0.3 is 6.18 Å². The molecule has 1 atom stereocenters. The maximum atomic E-state index is 13.5. The number of halogens is 3. The molecule has 5 saturated heterocycles. The molecule has 9 rings (SSSR count). The molecule has 3 N–H and O–H groups in total. The fraction of sp³-hybridized carbons (Fsp3) is 0.489. The number of imide groups is 2. The van der Waals surface area contributed by atoms with Crippen molar-refractivity contribution in [1.29, 1.82) is 0 Å². The van der Waals surface area contributed by atoms with E-state index in [9.17, 15) is 42.3 Å². The van der Waals surface area contributed by atoms with Crippen LogP contribution in [0, 0.1) is 17.9 Å². The van der Waals surface area contributed by atoms with Crippen molar-refractivity contribution in [3.63, 3.8) is 0 Å². The zero-order valence-electron chi connectivity index (χ0n) is 34.6. The molecular formula is C45H48F3N9O6. The number of rotatable bonds is 8. The predicted molar refractivity (Wildman–Crippen MR) is 225 cm³/mol. The number of piperidine rings is 4. The lowest BCUT2D eigenvalue weighted by Crippen LogP contribution is -2.61. The van der Waals surface area contributed by atoms with Crippen molar-refractivity contribution in [2.24, 2.45) is 11.3 Å². The summed E-state index contributed by atoms with van der Waals surface area (Å²) in [6.07, 6.45) is 1.42. The molecule has 3 aromatic rings. The number of likely N-dealkylation sites (tertiary alicyclic amines) is 1. The van der Waals surface area contributed by atoms with Crippen molar-refractivity contribution in [2.75, 3.05) is 78.9 Å². The topological polar surface area (TPSA) is 163 Å². The monoisotopic (exact) mass is 867 g/mol. The molecule has 7 heterocycles. The summed E-state index contributed by atoms with van der Waals surface area (Å²) in [5.41, 5.74) is -0.226. The van der Waals surface area contributed by atoms with E-state index in [0.29, 0.717) is 17.3 Å². The number of carbonyl (C=O) groups is 5. The number of hydrogen-bond acceptors (Lipinski definition) is 11. The van der Waals surface area contributed by atoms with E-state index in [1.807, 2.05) is 12.1 Å². The highest BCUT2D eigenvalue weighted by atomic mass is 19.4. The smallest absolute Gasteiger partial charge is 0.380 e.